The highest BCUT2D eigenvalue weighted by atomic mass is 16.6. The van der Waals surface area contributed by atoms with Gasteiger partial charge in [-0.1, -0.05) is 0 Å². The SMILES string of the molecule is O=C(O)c1ccc([N+](=O)[O-])c2nonc12. The van der Waals surface area contributed by atoms with Gasteiger partial charge in [0, 0.05) is 6.07 Å². The highest BCUT2D eigenvalue weighted by Gasteiger charge is 2.22. The normalized spacial score (nSPS) is 10.4. The Kier molecular flexibility index (Phi) is 1.82. The van der Waals surface area contributed by atoms with Crippen LogP contribution >= 0.6 is 0 Å². The molecule has 0 aliphatic carbocycles. The summed E-state index contributed by atoms with van der Waals surface area (Å²) in [6.45, 7) is 0. The van der Waals surface area contributed by atoms with E-state index in [1.54, 1.807) is 0 Å². The first-order chi connectivity index (χ1) is 7.11. The van der Waals surface area contributed by atoms with Crippen LogP contribution in [0.25, 0.3) is 11.0 Å². The van der Waals surface area contributed by atoms with Crippen molar-refractivity contribution in [2.45, 2.75) is 0 Å². The number of hydrogen-bond donors (Lipinski definition) is 1. The molecule has 2 rings (SSSR count). The van der Waals surface area contributed by atoms with E-state index in [-0.39, 0.29) is 22.3 Å². The van der Waals surface area contributed by atoms with E-state index in [9.17, 15) is 14.9 Å². The van der Waals surface area contributed by atoms with Gasteiger partial charge in [-0.15, -0.1) is 0 Å². The van der Waals surface area contributed by atoms with E-state index >= 15 is 0 Å². The number of nitrogens with zero attached hydrogens (tertiary/aromatic N) is 3. The molecule has 0 aliphatic rings. The lowest BCUT2D eigenvalue weighted by Gasteiger charge is -1.94. The summed E-state index contributed by atoms with van der Waals surface area (Å²) in [4.78, 5) is 20.6. The molecule has 2 aromatic rings. The van der Waals surface area contributed by atoms with Crippen molar-refractivity contribution < 1.29 is 19.5 Å². The molecule has 0 saturated heterocycles. The van der Waals surface area contributed by atoms with Crippen LogP contribution in [0.5, 0.6) is 0 Å². The summed E-state index contributed by atoms with van der Waals surface area (Å²) >= 11 is 0. The molecule has 8 heteroatoms. The van der Waals surface area contributed by atoms with E-state index in [0.29, 0.717) is 0 Å². The van der Waals surface area contributed by atoms with Crippen molar-refractivity contribution in [3.8, 4) is 0 Å². The maximum absolute atomic E-state index is 10.7. The molecule has 0 fully saturated rings. The Balaban J connectivity index is 2.82. The van der Waals surface area contributed by atoms with Crippen LogP contribution in [0, 0.1) is 10.1 Å². The number of non-ortho nitro benzene ring substituents is 1. The minimum atomic E-state index is -1.24. The van der Waals surface area contributed by atoms with Crippen LogP contribution in [0.2, 0.25) is 0 Å². The Hall–Kier alpha value is -2.51. The van der Waals surface area contributed by atoms with E-state index in [1.807, 2.05) is 0 Å². The minimum absolute atomic E-state index is 0.128. The molecule has 0 amide bonds. The maximum atomic E-state index is 10.7. The zero-order valence-corrected chi connectivity index (χ0v) is 7.08. The van der Waals surface area contributed by atoms with Gasteiger partial charge in [-0.25, -0.2) is 9.42 Å². The molecule has 0 aliphatic heterocycles. The highest BCUT2D eigenvalue weighted by Crippen LogP contribution is 2.25. The first-order valence-corrected chi connectivity index (χ1v) is 3.74. The van der Waals surface area contributed by atoms with Gasteiger partial charge in [0.05, 0.1) is 10.5 Å². The van der Waals surface area contributed by atoms with Gasteiger partial charge in [0.2, 0.25) is 5.52 Å². The fraction of sp³-hybridized carbons (Fsp3) is 0. The summed E-state index contributed by atoms with van der Waals surface area (Å²) in [6.07, 6.45) is 0. The van der Waals surface area contributed by atoms with E-state index in [0.717, 1.165) is 12.1 Å². The molecule has 76 valence electrons. The number of nitro benzene ring substituents is 1. The van der Waals surface area contributed by atoms with Crippen molar-refractivity contribution in [2.24, 2.45) is 0 Å². The molecule has 15 heavy (non-hydrogen) atoms. The molecule has 8 nitrogen and oxygen atoms in total. The third kappa shape index (κ3) is 1.27. The van der Waals surface area contributed by atoms with Crippen molar-refractivity contribution in [1.82, 2.24) is 10.3 Å². The van der Waals surface area contributed by atoms with Crippen LogP contribution in [-0.4, -0.2) is 26.3 Å². The summed E-state index contributed by atoms with van der Waals surface area (Å²) in [5.41, 5.74) is -0.815. The molecular weight excluding hydrogens is 206 g/mol. The standard InChI is InChI=1S/C7H3N3O5/c11-7(12)3-1-2-4(10(13)14)6-5(3)8-15-9-6/h1-2H,(H,11,12). The first kappa shape index (κ1) is 9.06. The lowest BCUT2D eigenvalue weighted by molar-refractivity contribution is -0.383. The van der Waals surface area contributed by atoms with Crippen LogP contribution in [0.1, 0.15) is 10.4 Å². The third-order valence-electron chi connectivity index (χ3n) is 1.82. The number of fused-ring (bicyclic) bond motifs is 1. The molecule has 1 aromatic carbocycles. The van der Waals surface area contributed by atoms with Gasteiger partial charge in [-0.3, -0.25) is 10.1 Å². The number of rotatable bonds is 2. The molecule has 1 aromatic heterocycles. The molecule has 0 saturated carbocycles. The van der Waals surface area contributed by atoms with Crippen LogP contribution in [0.4, 0.5) is 5.69 Å². The van der Waals surface area contributed by atoms with E-state index in [2.05, 4.69) is 14.9 Å². The second-order valence-electron chi connectivity index (χ2n) is 2.66. The van der Waals surface area contributed by atoms with Crippen LogP contribution in [0.3, 0.4) is 0 Å². The molecule has 0 spiro atoms. The van der Waals surface area contributed by atoms with Gasteiger partial charge >= 0.3 is 11.7 Å². The lowest BCUT2D eigenvalue weighted by atomic mass is 10.1. The average Bonchev–Trinajstić information content (AvgIpc) is 2.63. The second-order valence-corrected chi connectivity index (χ2v) is 2.66. The van der Waals surface area contributed by atoms with Gasteiger partial charge in [-0.05, 0) is 16.4 Å². The van der Waals surface area contributed by atoms with E-state index in [1.165, 1.54) is 0 Å². The molecule has 0 atom stereocenters. The van der Waals surface area contributed by atoms with Crippen LogP contribution < -0.4 is 0 Å². The zero-order valence-electron chi connectivity index (χ0n) is 7.08. The van der Waals surface area contributed by atoms with Gasteiger partial charge in [0.25, 0.3) is 0 Å². The molecule has 0 unspecified atom stereocenters. The smallest absolute Gasteiger partial charge is 0.338 e. The van der Waals surface area contributed by atoms with Crippen LogP contribution in [-0.2, 0) is 0 Å². The fourth-order valence-electron chi connectivity index (χ4n) is 1.17. The van der Waals surface area contributed by atoms with Crippen molar-refractivity contribution in [2.75, 3.05) is 0 Å². The van der Waals surface area contributed by atoms with Gasteiger partial charge in [0.15, 0.2) is 5.52 Å². The van der Waals surface area contributed by atoms with Crippen molar-refractivity contribution in [1.29, 1.82) is 0 Å². The number of benzene rings is 1. The summed E-state index contributed by atoms with van der Waals surface area (Å²) in [5.74, 6) is -1.24. The summed E-state index contributed by atoms with van der Waals surface area (Å²) in [7, 11) is 0. The van der Waals surface area contributed by atoms with Crippen molar-refractivity contribution in [3.63, 3.8) is 0 Å². The monoisotopic (exact) mass is 209 g/mol. The summed E-state index contributed by atoms with van der Waals surface area (Å²) in [6, 6.07) is 2.14. The van der Waals surface area contributed by atoms with E-state index < -0.39 is 10.9 Å². The summed E-state index contributed by atoms with van der Waals surface area (Å²) in [5, 5.41) is 25.9. The molecule has 1 N–H and O–H groups in total. The maximum Gasteiger partial charge on any atom is 0.338 e. The first-order valence-electron chi connectivity index (χ1n) is 3.74. The average molecular weight is 209 g/mol. The van der Waals surface area contributed by atoms with E-state index in [4.69, 9.17) is 5.11 Å². The van der Waals surface area contributed by atoms with Crippen molar-refractivity contribution >= 4 is 22.7 Å². The zero-order chi connectivity index (χ0) is 11.0. The Morgan fingerprint density at radius 2 is 2.07 bits per heavy atom. The van der Waals surface area contributed by atoms with Crippen molar-refractivity contribution in [3.05, 3.63) is 27.8 Å². The number of carboxylic acid groups (broad SMARTS) is 1. The highest BCUT2D eigenvalue weighted by molar-refractivity contribution is 6.02. The molecular formula is C7H3N3O5. The predicted octanol–water partition coefficient (Wildman–Crippen LogP) is 0.829. The molecule has 0 bridgehead atoms. The number of aromatic carboxylic acids is 1. The largest absolute Gasteiger partial charge is 0.478 e. The van der Waals surface area contributed by atoms with Gasteiger partial charge in [-0.2, -0.15) is 0 Å². The number of carboxylic acids is 1. The summed E-state index contributed by atoms with van der Waals surface area (Å²) < 4.78 is 4.28. The second kappa shape index (κ2) is 3.01. The van der Waals surface area contributed by atoms with Crippen LogP contribution in [0.15, 0.2) is 16.8 Å². The third-order valence-corrected chi connectivity index (χ3v) is 1.82. The van der Waals surface area contributed by atoms with Gasteiger partial charge < -0.3 is 5.11 Å². The number of hydrogen-bond acceptors (Lipinski definition) is 6. The molecule has 0 radical (unpaired) electrons. The lowest BCUT2D eigenvalue weighted by Crippen LogP contribution is -1.99. The number of aromatic nitrogens is 2. The Morgan fingerprint density at radius 1 is 1.40 bits per heavy atom. The molecule has 1 heterocycles. The quantitative estimate of drug-likeness (QED) is 0.574. The Labute approximate surface area is 81.2 Å². The Bertz CT molecular complexity index is 513. The van der Waals surface area contributed by atoms with Gasteiger partial charge in [0.1, 0.15) is 0 Å². The minimum Gasteiger partial charge on any atom is -0.478 e. The number of nitro groups is 1. The predicted molar refractivity (Wildman–Crippen MR) is 45.4 cm³/mol. The number of carbonyl (C=O) groups is 1. The Morgan fingerprint density at radius 3 is 2.67 bits per heavy atom. The topological polar surface area (TPSA) is 119 Å². The fourth-order valence-corrected chi connectivity index (χ4v) is 1.17.